The minimum Gasteiger partial charge on any atom is -0.490 e. The summed E-state index contributed by atoms with van der Waals surface area (Å²) in [6, 6.07) is 24.6. The largest absolute Gasteiger partial charge is 0.490 e. The van der Waals surface area contributed by atoms with Gasteiger partial charge >= 0.3 is 0 Å². The highest BCUT2D eigenvalue weighted by atomic mass is 16.5. The summed E-state index contributed by atoms with van der Waals surface area (Å²) in [5, 5.41) is 3.45. The normalized spacial score (nSPS) is 10.4. The lowest BCUT2D eigenvalue weighted by Gasteiger charge is -2.14. The molecule has 134 valence electrons. The average Bonchev–Trinajstić information content (AvgIpc) is 2.67. The van der Waals surface area contributed by atoms with Crippen molar-refractivity contribution in [2.45, 2.75) is 27.0 Å². The average molecular weight is 347 g/mol. The van der Waals surface area contributed by atoms with E-state index in [2.05, 4.69) is 54.7 Å². The van der Waals surface area contributed by atoms with E-state index in [9.17, 15) is 0 Å². The molecule has 0 bridgehead atoms. The minimum atomic E-state index is 0.530. The topological polar surface area (TPSA) is 30.5 Å². The van der Waals surface area contributed by atoms with Gasteiger partial charge in [0, 0.05) is 12.2 Å². The number of hydrogen-bond acceptors (Lipinski definition) is 3. The van der Waals surface area contributed by atoms with Crippen LogP contribution in [0.1, 0.15) is 23.6 Å². The maximum Gasteiger partial charge on any atom is 0.161 e. The van der Waals surface area contributed by atoms with Gasteiger partial charge in [0.15, 0.2) is 11.5 Å². The summed E-state index contributed by atoms with van der Waals surface area (Å²) >= 11 is 0. The highest BCUT2D eigenvalue weighted by molar-refractivity contribution is 5.48. The summed E-state index contributed by atoms with van der Waals surface area (Å²) in [4.78, 5) is 0. The number of ether oxygens (including phenoxy) is 2. The molecule has 3 rings (SSSR count). The molecule has 0 unspecified atom stereocenters. The quantitative estimate of drug-likeness (QED) is 0.576. The minimum absolute atomic E-state index is 0.530. The second-order valence-corrected chi connectivity index (χ2v) is 6.21. The van der Waals surface area contributed by atoms with Gasteiger partial charge in [-0.05, 0) is 54.8 Å². The monoisotopic (exact) mass is 347 g/mol. The van der Waals surface area contributed by atoms with Gasteiger partial charge in [-0.2, -0.15) is 0 Å². The second-order valence-electron chi connectivity index (χ2n) is 6.21. The Hall–Kier alpha value is -2.94. The first kappa shape index (κ1) is 17.9. The van der Waals surface area contributed by atoms with Crippen molar-refractivity contribution in [1.82, 2.24) is 0 Å². The molecule has 0 amide bonds. The van der Waals surface area contributed by atoms with Crippen LogP contribution in [0.2, 0.25) is 0 Å². The van der Waals surface area contributed by atoms with Gasteiger partial charge in [0.2, 0.25) is 0 Å². The van der Waals surface area contributed by atoms with Crippen molar-refractivity contribution in [3.05, 3.63) is 89.5 Å². The predicted octanol–water partition coefficient (Wildman–Crippen LogP) is 5.58. The number of hydrogen-bond donors (Lipinski definition) is 1. The van der Waals surface area contributed by atoms with Gasteiger partial charge in [0.1, 0.15) is 6.61 Å². The van der Waals surface area contributed by atoms with Crippen molar-refractivity contribution in [1.29, 1.82) is 0 Å². The summed E-state index contributed by atoms with van der Waals surface area (Å²) in [7, 11) is 0. The molecule has 0 saturated heterocycles. The molecule has 0 saturated carbocycles. The molecule has 1 N–H and O–H groups in total. The lowest BCUT2D eigenvalue weighted by Crippen LogP contribution is -2.03. The third-order valence-corrected chi connectivity index (χ3v) is 4.06. The fourth-order valence-electron chi connectivity index (χ4n) is 2.74. The number of benzene rings is 3. The van der Waals surface area contributed by atoms with E-state index >= 15 is 0 Å². The molecule has 3 aromatic rings. The first-order valence-electron chi connectivity index (χ1n) is 8.97. The van der Waals surface area contributed by atoms with Gasteiger partial charge in [-0.1, -0.05) is 48.5 Å². The van der Waals surface area contributed by atoms with E-state index in [1.54, 1.807) is 0 Å². The first-order chi connectivity index (χ1) is 12.7. The third-order valence-electron chi connectivity index (χ3n) is 4.06. The van der Waals surface area contributed by atoms with E-state index < -0.39 is 0 Å². The molecule has 0 radical (unpaired) electrons. The van der Waals surface area contributed by atoms with Crippen LogP contribution in [0, 0.1) is 6.92 Å². The van der Waals surface area contributed by atoms with Crippen LogP contribution < -0.4 is 14.8 Å². The third kappa shape index (κ3) is 5.03. The van der Waals surface area contributed by atoms with Gasteiger partial charge in [-0.15, -0.1) is 0 Å². The van der Waals surface area contributed by atoms with E-state index in [0.29, 0.717) is 13.2 Å². The van der Waals surface area contributed by atoms with Crippen molar-refractivity contribution in [2.75, 3.05) is 11.9 Å². The highest BCUT2D eigenvalue weighted by Gasteiger charge is 2.07. The predicted molar refractivity (Wildman–Crippen MR) is 107 cm³/mol. The molecule has 26 heavy (non-hydrogen) atoms. The zero-order valence-corrected chi connectivity index (χ0v) is 15.4. The Balaban J connectivity index is 1.67. The lowest BCUT2D eigenvalue weighted by atomic mass is 10.1. The Bertz CT molecular complexity index is 831. The van der Waals surface area contributed by atoms with Crippen molar-refractivity contribution in [3.8, 4) is 11.5 Å². The Morgan fingerprint density at radius 3 is 2.38 bits per heavy atom. The summed E-state index contributed by atoms with van der Waals surface area (Å²) < 4.78 is 11.7. The SMILES string of the molecule is CCOc1cc(CNc2cccc(C)c2)ccc1OCc1ccccc1. The Labute approximate surface area is 155 Å². The van der Waals surface area contributed by atoms with Crippen molar-refractivity contribution < 1.29 is 9.47 Å². The number of nitrogens with one attached hydrogen (secondary N) is 1. The van der Waals surface area contributed by atoms with Crippen molar-refractivity contribution in [2.24, 2.45) is 0 Å². The maximum atomic E-state index is 5.96. The molecule has 3 aromatic carbocycles. The number of anilines is 1. The summed E-state index contributed by atoms with van der Waals surface area (Å²) in [5.41, 5.74) is 4.66. The van der Waals surface area contributed by atoms with Crippen molar-refractivity contribution >= 4 is 5.69 Å². The molecular weight excluding hydrogens is 322 g/mol. The zero-order chi connectivity index (χ0) is 18.2. The van der Waals surface area contributed by atoms with Crippen LogP contribution in [0.25, 0.3) is 0 Å². The molecule has 0 aliphatic heterocycles. The smallest absolute Gasteiger partial charge is 0.161 e. The second kappa shape index (κ2) is 8.95. The molecule has 0 fully saturated rings. The molecule has 0 aliphatic carbocycles. The Kier molecular flexibility index (Phi) is 6.15. The number of aryl methyl sites for hydroxylation is 1. The number of rotatable bonds is 8. The summed E-state index contributed by atoms with van der Waals surface area (Å²) in [6.45, 7) is 5.96. The van der Waals surface area contributed by atoms with Crippen LogP contribution in [0.5, 0.6) is 11.5 Å². The fraction of sp³-hybridized carbons (Fsp3) is 0.217. The van der Waals surface area contributed by atoms with E-state index in [-0.39, 0.29) is 0 Å². The highest BCUT2D eigenvalue weighted by Crippen LogP contribution is 2.29. The zero-order valence-electron chi connectivity index (χ0n) is 15.4. The summed E-state index contributed by atoms with van der Waals surface area (Å²) in [5.74, 6) is 1.56. The molecular formula is C23H25NO2. The van der Waals surface area contributed by atoms with E-state index in [1.165, 1.54) is 5.56 Å². The molecule has 0 aromatic heterocycles. The van der Waals surface area contributed by atoms with Gasteiger partial charge in [0.05, 0.1) is 6.61 Å². The van der Waals surface area contributed by atoms with Gasteiger partial charge in [-0.3, -0.25) is 0 Å². The maximum absolute atomic E-state index is 5.96. The molecule has 3 heteroatoms. The Morgan fingerprint density at radius 1 is 0.769 bits per heavy atom. The molecule has 0 aliphatic rings. The van der Waals surface area contributed by atoms with Crippen LogP contribution in [-0.4, -0.2) is 6.61 Å². The van der Waals surface area contributed by atoms with Crippen LogP contribution in [0.4, 0.5) is 5.69 Å². The van der Waals surface area contributed by atoms with E-state index in [1.807, 2.05) is 37.3 Å². The van der Waals surface area contributed by atoms with Crippen LogP contribution in [0.15, 0.2) is 72.8 Å². The summed E-state index contributed by atoms with van der Waals surface area (Å²) in [6.07, 6.45) is 0. The molecule has 0 heterocycles. The van der Waals surface area contributed by atoms with Crippen molar-refractivity contribution in [3.63, 3.8) is 0 Å². The van der Waals surface area contributed by atoms with Gasteiger partial charge in [-0.25, -0.2) is 0 Å². The van der Waals surface area contributed by atoms with Gasteiger partial charge in [0.25, 0.3) is 0 Å². The molecule has 0 spiro atoms. The molecule has 3 nitrogen and oxygen atoms in total. The standard InChI is InChI=1S/C23H25NO2/c1-3-25-23-15-20(16-24-21-11-7-8-18(2)14-21)12-13-22(23)26-17-19-9-5-4-6-10-19/h4-15,24H,3,16-17H2,1-2H3. The van der Waals surface area contributed by atoms with E-state index in [0.717, 1.165) is 34.9 Å². The van der Waals surface area contributed by atoms with Crippen LogP contribution >= 0.6 is 0 Å². The van der Waals surface area contributed by atoms with Crippen LogP contribution in [0.3, 0.4) is 0 Å². The first-order valence-corrected chi connectivity index (χ1v) is 8.97. The van der Waals surface area contributed by atoms with E-state index in [4.69, 9.17) is 9.47 Å². The van der Waals surface area contributed by atoms with Crippen LogP contribution in [-0.2, 0) is 13.2 Å². The Morgan fingerprint density at radius 2 is 1.62 bits per heavy atom. The molecule has 0 atom stereocenters. The van der Waals surface area contributed by atoms with Gasteiger partial charge < -0.3 is 14.8 Å². The lowest BCUT2D eigenvalue weighted by molar-refractivity contribution is 0.269. The fourth-order valence-corrected chi connectivity index (χ4v) is 2.74.